The number of benzene rings is 1. The molecule has 2 heterocycles. The molecule has 0 radical (unpaired) electrons. The lowest BCUT2D eigenvalue weighted by Crippen LogP contribution is -2.00. The molecule has 0 bridgehead atoms. The van der Waals surface area contributed by atoms with Crippen LogP contribution in [0, 0.1) is 17.1 Å². The minimum Gasteiger partial charge on any atom is -0.295 e. The summed E-state index contributed by atoms with van der Waals surface area (Å²) in [7, 11) is 0. The van der Waals surface area contributed by atoms with Crippen LogP contribution >= 0.6 is 11.6 Å². The molecule has 2 aromatic heterocycles. The topological polar surface area (TPSA) is 54.5 Å². The van der Waals surface area contributed by atoms with Gasteiger partial charge in [0.15, 0.2) is 0 Å². The maximum Gasteiger partial charge on any atom is 0.141 e. The van der Waals surface area contributed by atoms with E-state index in [1.165, 1.54) is 12.1 Å². The molecule has 3 aromatic rings. The van der Waals surface area contributed by atoms with Gasteiger partial charge in [0, 0.05) is 11.9 Å². The molecule has 3 rings (SSSR count). The summed E-state index contributed by atoms with van der Waals surface area (Å²) in [5.74, 6) is 0.272. The number of hydrogen-bond acceptors (Lipinski definition) is 3. The van der Waals surface area contributed by atoms with Gasteiger partial charge in [-0.2, -0.15) is 5.26 Å². The maximum absolute atomic E-state index is 13.4. The van der Waals surface area contributed by atoms with E-state index in [1.54, 1.807) is 29.1 Å². The van der Waals surface area contributed by atoms with E-state index >= 15 is 0 Å². The highest BCUT2D eigenvalue weighted by Gasteiger charge is 2.13. The zero-order valence-corrected chi connectivity index (χ0v) is 11.0. The van der Waals surface area contributed by atoms with Crippen LogP contribution in [0.5, 0.6) is 0 Å². The summed E-state index contributed by atoms with van der Waals surface area (Å²) in [5.41, 5.74) is 2.14. The SMILES string of the molecule is N#Cc1cc(-n2c(CCl)nc3cnccc32)ccc1F. The number of pyridine rings is 1. The van der Waals surface area contributed by atoms with Crippen molar-refractivity contribution in [2.45, 2.75) is 5.88 Å². The normalized spacial score (nSPS) is 10.7. The quantitative estimate of drug-likeness (QED) is 0.680. The fourth-order valence-electron chi connectivity index (χ4n) is 2.10. The highest BCUT2D eigenvalue weighted by Crippen LogP contribution is 2.23. The number of imidazole rings is 1. The fourth-order valence-corrected chi connectivity index (χ4v) is 2.28. The van der Waals surface area contributed by atoms with Crippen LogP contribution in [-0.4, -0.2) is 14.5 Å². The monoisotopic (exact) mass is 286 g/mol. The molecule has 4 nitrogen and oxygen atoms in total. The van der Waals surface area contributed by atoms with Gasteiger partial charge in [-0.25, -0.2) is 9.37 Å². The first-order chi connectivity index (χ1) is 9.74. The molecule has 0 saturated carbocycles. The molecular formula is C14H8ClFN4. The molecule has 0 unspecified atom stereocenters. The summed E-state index contributed by atoms with van der Waals surface area (Å²) < 4.78 is 15.2. The Morgan fingerprint density at radius 3 is 2.95 bits per heavy atom. The van der Waals surface area contributed by atoms with Gasteiger partial charge in [-0.1, -0.05) is 0 Å². The van der Waals surface area contributed by atoms with Crippen LogP contribution < -0.4 is 0 Å². The summed E-state index contributed by atoms with van der Waals surface area (Å²) in [5, 5.41) is 8.93. The number of hydrogen-bond donors (Lipinski definition) is 0. The first-order valence-electron chi connectivity index (χ1n) is 5.82. The lowest BCUT2D eigenvalue weighted by atomic mass is 10.2. The molecule has 0 fully saturated rings. The third-order valence-corrected chi connectivity index (χ3v) is 3.21. The van der Waals surface area contributed by atoms with Crippen molar-refractivity contribution in [3.05, 3.63) is 53.9 Å². The zero-order valence-electron chi connectivity index (χ0n) is 10.2. The van der Waals surface area contributed by atoms with E-state index in [0.717, 1.165) is 5.52 Å². The zero-order chi connectivity index (χ0) is 14.1. The van der Waals surface area contributed by atoms with Crippen molar-refractivity contribution in [3.63, 3.8) is 0 Å². The molecule has 20 heavy (non-hydrogen) atoms. The molecule has 0 N–H and O–H groups in total. The fraction of sp³-hybridized carbons (Fsp3) is 0.0714. The Balaban J connectivity index is 2.31. The van der Waals surface area contributed by atoms with E-state index in [0.29, 0.717) is 17.0 Å². The van der Waals surface area contributed by atoms with Crippen LogP contribution in [0.15, 0.2) is 36.7 Å². The van der Waals surface area contributed by atoms with Gasteiger partial charge >= 0.3 is 0 Å². The predicted molar refractivity (Wildman–Crippen MR) is 73.1 cm³/mol. The Bertz CT molecular complexity index is 835. The van der Waals surface area contributed by atoms with Gasteiger partial charge < -0.3 is 0 Å². The first kappa shape index (κ1) is 12.6. The van der Waals surface area contributed by atoms with E-state index < -0.39 is 5.82 Å². The van der Waals surface area contributed by atoms with Crippen LogP contribution in [0.4, 0.5) is 4.39 Å². The molecule has 0 aliphatic carbocycles. The summed E-state index contributed by atoms with van der Waals surface area (Å²) in [6.07, 6.45) is 3.28. The minimum absolute atomic E-state index is 0.0149. The summed E-state index contributed by atoms with van der Waals surface area (Å²) >= 11 is 5.92. The van der Waals surface area contributed by atoms with E-state index in [-0.39, 0.29) is 11.4 Å². The smallest absolute Gasteiger partial charge is 0.141 e. The van der Waals surface area contributed by atoms with Crippen molar-refractivity contribution in [1.29, 1.82) is 5.26 Å². The van der Waals surface area contributed by atoms with Gasteiger partial charge in [0.1, 0.15) is 23.2 Å². The molecule has 0 aliphatic heterocycles. The van der Waals surface area contributed by atoms with Crippen LogP contribution in [0.2, 0.25) is 0 Å². The van der Waals surface area contributed by atoms with Gasteiger partial charge in [0.2, 0.25) is 0 Å². The number of halogens is 2. The number of alkyl halides is 1. The second kappa shape index (κ2) is 4.91. The Labute approximate surface area is 119 Å². The van der Waals surface area contributed by atoms with Crippen molar-refractivity contribution < 1.29 is 4.39 Å². The van der Waals surface area contributed by atoms with Gasteiger partial charge in [-0.05, 0) is 24.3 Å². The number of nitrogens with zero attached hydrogens (tertiary/aromatic N) is 4. The highest BCUT2D eigenvalue weighted by molar-refractivity contribution is 6.17. The van der Waals surface area contributed by atoms with Crippen molar-refractivity contribution in [2.24, 2.45) is 0 Å². The summed E-state index contributed by atoms with van der Waals surface area (Å²) in [6.45, 7) is 0. The van der Waals surface area contributed by atoms with E-state index in [4.69, 9.17) is 16.9 Å². The van der Waals surface area contributed by atoms with E-state index in [1.807, 2.05) is 6.07 Å². The Morgan fingerprint density at radius 1 is 1.35 bits per heavy atom. The molecular weight excluding hydrogens is 279 g/mol. The van der Waals surface area contributed by atoms with Gasteiger partial charge in [-0.15, -0.1) is 11.6 Å². The predicted octanol–water partition coefficient (Wildman–Crippen LogP) is 3.17. The first-order valence-corrected chi connectivity index (χ1v) is 6.35. The molecule has 1 aromatic carbocycles. The molecule has 0 spiro atoms. The lowest BCUT2D eigenvalue weighted by molar-refractivity contribution is 0.623. The van der Waals surface area contributed by atoms with E-state index in [9.17, 15) is 4.39 Å². The second-order valence-corrected chi connectivity index (χ2v) is 4.40. The van der Waals surface area contributed by atoms with Crippen molar-refractivity contribution in [3.8, 4) is 11.8 Å². The largest absolute Gasteiger partial charge is 0.295 e. The summed E-state index contributed by atoms with van der Waals surface area (Å²) in [4.78, 5) is 8.39. The molecule has 0 aliphatic rings. The van der Waals surface area contributed by atoms with Crippen molar-refractivity contribution >= 4 is 22.6 Å². The van der Waals surface area contributed by atoms with Crippen LogP contribution in [-0.2, 0) is 5.88 Å². The molecule has 0 saturated heterocycles. The number of rotatable bonds is 2. The lowest BCUT2D eigenvalue weighted by Gasteiger charge is -2.08. The van der Waals surface area contributed by atoms with Crippen LogP contribution in [0.1, 0.15) is 11.4 Å². The van der Waals surface area contributed by atoms with Gasteiger partial charge in [0.25, 0.3) is 0 Å². The molecule has 98 valence electrons. The third kappa shape index (κ3) is 1.91. The standard InChI is InChI=1S/C14H8ClFN4/c15-6-14-19-12-8-18-4-3-13(12)20(14)10-1-2-11(16)9(5-10)7-17/h1-5,8H,6H2. The third-order valence-electron chi connectivity index (χ3n) is 2.97. The average Bonchev–Trinajstić information content (AvgIpc) is 2.86. The van der Waals surface area contributed by atoms with Gasteiger partial charge in [-0.3, -0.25) is 9.55 Å². The molecule has 6 heteroatoms. The van der Waals surface area contributed by atoms with Crippen LogP contribution in [0.3, 0.4) is 0 Å². The number of aromatic nitrogens is 3. The van der Waals surface area contributed by atoms with Gasteiger partial charge in [0.05, 0.1) is 23.2 Å². The Kier molecular flexibility index (Phi) is 3.09. The van der Waals surface area contributed by atoms with Crippen molar-refractivity contribution in [2.75, 3.05) is 0 Å². The Hall–Kier alpha value is -2.45. The Morgan fingerprint density at radius 2 is 2.20 bits per heavy atom. The number of fused-ring (bicyclic) bond motifs is 1. The summed E-state index contributed by atoms with van der Waals surface area (Å²) in [6, 6.07) is 7.96. The van der Waals surface area contributed by atoms with Crippen LogP contribution in [0.25, 0.3) is 16.7 Å². The average molecular weight is 287 g/mol. The molecule has 0 amide bonds. The maximum atomic E-state index is 13.4. The second-order valence-electron chi connectivity index (χ2n) is 4.14. The molecule has 0 atom stereocenters. The number of nitriles is 1. The van der Waals surface area contributed by atoms with E-state index in [2.05, 4.69) is 9.97 Å². The minimum atomic E-state index is -0.547. The highest BCUT2D eigenvalue weighted by atomic mass is 35.5. The van der Waals surface area contributed by atoms with Crippen molar-refractivity contribution in [1.82, 2.24) is 14.5 Å².